The topological polar surface area (TPSA) is 18.5 Å². The highest BCUT2D eigenvalue weighted by Gasteiger charge is 2.27. The maximum absolute atomic E-state index is 6.29. The van der Waals surface area contributed by atoms with Crippen molar-refractivity contribution in [2.45, 2.75) is 51.0 Å². The summed E-state index contributed by atoms with van der Waals surface area (Å²) in [5, 5.41) is 0.625. The molecular weight excluding hydrogens is 295 g/mol. The third-order valence-electron chi connectivity index (χ3n) is 4.09. The van der Waals surface area contributed by atoms with E-state index in [0.29, 0.717) is 22.6 Å². The number of halogens is 2. The van der Waals surface area contributed by atoms with Crippen LogP contribution < -0.4 is 9.47 Å². The van der Waals surface area contributed by atoms with E-state index in [1.807, 2.05) is 6.07 Å². The number of benzene rings is 1. The van der Waals surface area contributed by atoms with Crippen LogP contribution in [-0.2, 0) is 5.88 Å². The fourth-order valence-electron chi connectivity index (χ4n) is 2.95. The van der Waals surface area contributed by atoms with E-state index < -0.39 is 0 Å². The Morgan fingerprint density at radius 3 is 2.65 bits per heavy atom. The first-order valence-electron chi connectivity index (χ1n) is 7.28. The van der Waals surface area contributed by atoms with Gasteiger partial charge in [-0.15, -0.1) is 11.6 Å². The molecule has 2 rings (SSSR count). The monoisotopic (exact) mass is 316 g/mol. The zero-order valence-electron chi connectivity index (χ0n) is 12.1. The number of alkyl halides is 1. The normalized spacial score (nSPS) is 22.6. The maximum atomic E-state index is 6.29. The Labute approximate surface area is 131 Å². The lowest BCUT2D eigenvalue weighted by Crippen LogP contribution is -2.30. The molecule has 0 spiro atoms. The van der Waals surface area contributed by atoms with E-state index in [1.54, 1.807) is 13.2 Å². The molecule has 1 aliphatic rings. The van der Waals surface area contributed by atoms with Crippen molar-refractivity contribution in [3.63, 3.8) is 0 Å². The SMILES string of the molecule is CCC1CCCCC1Oc1c(CCl)cc(Cl)cc1OC. The third-order valence-corrected chi connectivity index (χ3v) is 4.60. The Morgan fingerprint density at radius 2 is 2.00 bits per heavy atom. The molecule has 2 nitrogen and oxygen atoms in total. The van der Waals surface area contributed by atoms with Gasteiger partial charge in [0.2, 0.25) is 0 Å². The Bertz CT molecular complexity index is 423. The molecule has 2 unspecified atom stereocenters. The zero-order valence-corrected chi connectivity index (χ0v) is 13.6. The molecule has 0 N–H and O–H groups in total. The quantitative estimate of drug-likeness (QED) is 0.674. The lowest BCUT2D eigenvalue weighted by Gasteiger charge is -2.32. The summed E-state index contributed by atoms with van der Waals surface area (Å²) in [6.07, 6.45) is 6.28. The van der Waals surface area contributed by atoms with Crippen molar-refractivity contribution in [1.29, 1.82) is 0 Å². The summed E-state index contributed by atoms with van der Waals surface area (Å²) < 4.78 is 11.7. The first kappa shape index (κ1) is 15.8. The predicted octanol–water partition coefficient (Wildman–Crippen LogP) is 5.44. The van der Waals surface area contributed by atoms with E-state index in [1.165, 1.54) is 19.3 Å². The van der Waals surface area contributed by atoms with Crippen LogP contribution in [0.5, 0.6) is 11.5 Å². The summed E-state index contributed by atoms with van der Waals surface area (Å²) in [6, 6.07) is 3.65. The molecule has 0 amide bonds. The fraction of sp³-hybridized carbons (Fsp3) is 0.625. The van der Waals surface area contributed by atoms with Crippen LogP contribution >= 0.6 is 23.2 Å². The predicted molar refractivity (Wildman–Crippen MR) is 84.2 cm³/mol. The summed E-state index contributed by atoms with van der Waals surface area (Å²) in [6.45, 7) is 2.23. The molecule has 20 heavy (non-hydrogen) atoms. The Hall–Kier alpha value is -0.600. The smallest absolute Gasteiger partial charge is 0.166 e. The van der Waals surface area contributed by atoms with Gasteiger partial charge in [-0.25, -0.2) is 0 Å². The van der Waals surface area contributed by atoms with Crippen LogP contribution in [0.25, 0.3) is 0 Å². The van der Waals surface area contributed by atoms with E-state index in [4.69, 9.17) is 32.7 Å². The van der Waals surface area contributed by atoms with Crippen LogP contribution in [0.4, 0.5) is 0 Å². The molecule has 1 aromatic carbocycles. The van der Waals surface area contributed by atoms with Gasteiger partial charge in [-0.1, -0.05) is 24.9 Å². The second-order valence-electron chi connectivity index (χ2n) is 5.34. The van der Waals surface area contributed by atoms with Gasteiger partial charge in [0, 0.05) is 16.7 Å². The minimum atomic E-state index is 0.255. The van der Waals surface area contributed by atoms with E-state index in [9.17, 15) is 0 Å². The first-order chi connectivity index (χ1) is 9.69. The van der Waals surface area contributed by atoms with Gasteiger partial charge in [-0.3, -0.25) is 0 Å². The van der Waals surface area contributed by atoms with E-state index in [-0.39, 0.29) is 6.10 Å². The summed E-state index contributed by atoms with van der Waals surface area (Å²) in [7, 11) is 1.63. The maximum Gasteiger partial charge on any atom is 0.166 e. The molecule has 2 atom stereocenters. The summed E-state index contributed by atoms with van der Waals surface area (Å²) >= 11 is 12.1. The van der Waals surface area contributed by atoms with Gasteiger partial charge < -0.3 is 9.47 Å². The highest BCUT2D eigenvalue weighted by molar-refractivity contribution is 6.31. The molecule has 112 valence electrons. The highest BCUT2D eigenvalue weighted by atomic mass is 35.5. The second kappa shape index (κ2) is 7.42. The third kappa shape index (κ3) is 3.53. The van der Waals surface area contributed by atoms with Crippen molar-refractivity contribution in [2.75, 3.05) is 7.11 Å². The van der Waals surface area contributed by atoms with Crippen LogP contribution in [-0.4, -0.2) is 13.2 Å². The van der Waals surface area contributed by atoms with Gasteiger partial charge in [-0.05, 0) is 37.7 Å². The molecule has 1 aromatic rings. The lowest BCUT2D eigenvalue weighted by atomic mass is 9.84. The standard InChI is InChI=1S/C16H22Cl2O2/c1-3-11-6-4-5-7-14(11)20-16-12(10-17)8-13(18)9-15(16)19-2/h8-9,11,14H,3-7,10H2,1-2H3. The molecule has 0 aliphatic heterocycles. The van der Waals surface area contributed by atoms with Crippen molar-refractivity contribution < 1.29 is 9.47 Å². The van der Waals surface area contributed by atoms with Crippen LogP contribution in [0.1, 0.15) is 44.6 Å². The van der Waals surface area contributed by atoms with E-state index in [2.05, 4.69) is 6.92 Å². The van der Waals surface area contributed by atoms with Gasteiger partial charge in [0.1, 0.15) is 6.10 Å². The highest BCUT2D eigenvalue weighted by Crippen LogP contribution is 2.39. The first-order valence-corrected chi connectivity index (χ1v) is 8.19. The summed E-state index contributed by atoms with van der Waals surface area (Å²) in [5.41, 5.74) is 0.899. The van der Waals surface area contributed by atoms with E-state index >= 15 is 0 Å². The second-order valence-corrected chi connectivity index (χ2v) is 6.04. The molecule has 1 aliphatic carbocycles. The molecule has 0 radical (unpaired) electrons. The molecule has 0 saturated heterocycles. The zero-order chi connectivity index (χ0) is 14.5. The van der Waals surface area contributed by atoms with E-state index in [0.717, 1.165) is 24.2 Å². The number of rotatable bonds is 5. The molecular formula is C16H22Cl2O2. The van der Waals surface area contributed by atoms with Gasteiger partial charge in [0.05, 0.1) is 13.0 Å². The number of hydrogen-bond donors (Lipinski definition) is 0. The molecule has 1 fully saturated rings. The van der Waals surface area contributed by atoms with Crippen molar-refractivity contribution in [1.82, 2.24) is 0 Å². The van der Waals surface area contributed by atoms with Gasteiger partial charge in [0.25, 0.3) is 0 Å². The van der Waals surface area contributed by atoms with Crippen LogP contribution in [0.15, 0.2) is 12.1 Å². The Kier molecular flexibility index (Phi) is 5.86. The molecule has 4 heteroatoms. The molecule has 0 heterocycles. The number of ether oxygens (including phenoxy) is 2. The Morgan fingerprint density at radius 1 is 1.25 bits per heavy atom. The number of methoxy groups -OCH3 is 1. The Balaban J connectivity index is 2.26. The van der Waals surface area contributed by atoms with Crippen molar-refractivity contribution in [2.24, 2.45) is 5.92 Å². The minimum absolute atomic E-state index is 0.255. The summed E-state index contributed by atoms with van der Waals surface area (Å²) in [5.74, 6) is 2.42. The van der Waals surface area contributed by atoms with Crippen LogP contribution in [0, 0.1) is 5.92 Å². The van der Waals surface area contributed by atoms with Gasteiger partial charge in [-0.2, -0.15) is 0 Å². The largest absolute Gasteiger partial charge is 0.493 e. The summed E-state index contributed by atoms with van der Waals surface area (Å²) in [4.78, 5) is 0. The van der Waals surface area contributed by atoms with Crippen molar-refractivity contribution in [3.8, 4) is 11.5 Å². The molecule has 1 saturated carbocycles. The van der Waals surface area contributed by atoms with Gasteiger partial charge in [0.15, 0.2) is 11.5 Å². The average Bonchev–Trinajstić information content (AvgIpc) is 2.48. The molecule has 0 bridgehead atoms. The lowest BCUT2D eigenvalue weighted by molar-refractivity contribution is 0.0865. The molecule has 0 aromatic heterocycles. The van der Waals surface area contributed by atoms with Crippen LogP contribution in [0.2, 0.25) is 5.02 Å². The average molecular weight is 317 g/mol. The van der Waals surface area contributed by atoms with Crippen molar-refractivity contribution >= 4 is 23.2 Å². The fourth-order valence-corrected chi connectivity index (χ4v) is 3.38. The van der Waals surface area contributed by atoms with Crippen LogP contribution in [0.3, 0.4) is 0 Å². The van der Waals surface area contributed by atoms with Crippen molar-refractivity contribution in [3.05, 3.63) is 22.7 Å². The minimum Gasteiger partial charge on any atom is -0.493 e. The van der Waals surface area contributed by atoms with Gasteiger partial charge >= 0.3 is 0 Å². The number of hydrogen-bond acceptors (Lipinski definition) is 2.